The van der Waals surface area contributed by atoms with E-state index >= 15 is 0 Å². The Kier molecular flexibility index (Phi) is 2.14. The Balaban J connectivity index is 1.68. The first-order chi connectivity index (χ1) is 8.13. The van der Waals surface area contributed by atoms with Crippen molar-refractivity contribution in [1.29, 1.82) is 0 Å². The third-order valence-electron chi connectivity index (χ3n) is 3.37. The summed E-state index contributed by atoms with van der Waals surface area (Å²) in [5.74, 6) is -1.76. The highest BCUT2D eigenvalue weighted by atomic mass is 16.6. The quantitative estimate of drug-likeness (QED) is 0.301. The molecule has 1 saturated carbocycles. The number of rotatable bonds is 2. The van der Waals surface area contributed by atoms with Crippen molar-refractivity contribution in [3.63, 3.8) is 0 Å². The highest BCUT2D eigenvalue weighted by Crippen LogP contribution is 2.40. The van der Waals surface area contributed by atoms with Crippen LogP contribution in [0.15, 0.2) is 23.8 Å². The van der Waals surface area contributed by atoms with Gasteiger partial charge in [0, 0.05) is 12.0 Å². The first kappa shape index (κ1) is 10.3. The molecule has 17 heavy (non-hydrogen) atoms. The second-order valence-corrected chi connectivity index (χ2v) is 4.49. The van der Waals surface area contributed by atoms with E-state index in [9.17, 15) is 14.4 Å². The summed E-state index contributed by atoms with van der Waals surface area (Å²) >= 11 is 0. The molecule has 3 rings (SSSR count). The van der Waals surface area contributed by atoms with Gasteiger partial charge in [0.2, 0.25) is 0 Å². The van der Waals surface area contributed by atoms with Crippen LogP contribution in [0.3, 0.4) is 0 Å². The molecule has 1 heterocycles. The van der Waals surface area contributed by atoms with Gasteiger partial charge in [0.15, 0.2) is 5.57 Å². The van der Waals surface area contributed by atoms with Crippen molar-refractivity contribution < 1.29 is 23.9 Å². The Morgan fingerprint density at radius 2 is 2.12 bits per heavy atom. The molecule has 0 aromatic carbocycles. The van der Waals surface area contributed by atoms with Crippen LogP contribution in [0.2, 0.25) is 0 Å². The van der Waals surface area contributed by atoms with Gasteiger partial charge >= 0.3 is 17.9 Å². The molecule has 0 N–H and O–H groups in total. The van der Waals surface area contributed by atoms with Crippen LogP contribution < -0.4 is 0 Å². The average Bonchev–Trinajstić information content (AvgIpc) is 2.93. The highest BCUT2D eigenvalue weighted by molar-refractivity contribution is 6.23. The third-order valence-corrected chi connectivity index (χ3v) is 3.37. The molecule has 3 unspecified atom stereocenters. The largest absolute Gasteiger partial charge is 0.458 e. The Bertz CT molecular complexity index is 473. The molecular formula is C12H10O5. The first-order valence-corrected chi connectivity index (χ1v) is 5.50. The van der Waals surface area contributed by atoms with E-state index in [0.717, 1.165) is 18.9 Å². The van der Waals surface area contributed by atoms with Crippen LogP contribution in [0.25, 0.3) is 0 Å². The first-order valence-electron chi connectivity index (χ1n) is 5.50. The fourth-order valence-corrected chi connectivity index (χ4v) is 2.56. The van der Waals surface area contributed by atoms with Crippen molar-refractivity contribution in [3.8, 4) is 0 Å². The van der Waals surface area contributed by atoms with Gasteiger partial charge in [-0.1, -0.05) is 12.2 Å². The van der Waals surface area contributed by atoms with E-state index in [-0.39, 0.29) is 17.6 Å². The molecule has 5 heteroatoms. The number of carbonyl (C=O) groups is 3. The van der Waals surface area contributed by atoms with E-state index in [1.54, 1.807) is 0 Å². The Hall–Kier alpha value is -1.91. The summed E-state index contributed by atoms with van der Waals surface area (Å²) in [7, 11) is 0. The number of hydrogen-bond acceptors (Lipinski definition) is 5. The highest BCUT2D eigenvalue weighted by Gasteiger charge is 2.40. The fourth-order valence-electron chi connectivity index (χ4n) is 2.56. The lowest BCUT2D eigenvalue weighted by molar-refractivity contribution is -0.153. The summed E-state index contributed by atoms with van der Waals surface area (Å²) in [6.07, 6.45) is 6.67. The van der Waals surface area contributed by atoms with Crippen molar-refractivity contribution in [2.75, 3.05) is 0 Å². The standard InChI is InChI=1S/C12H10O5/c13-10-5-8(12(15)17-10)11(14)16-9-4-6-1-2-7(9)3-6/h1-2,5-7,9H,3-4H2. The summed E-state index contributed by atoms with van der Waals surface area (Å²) in [6.45, 7) is 0. The maximum absolute atomic E-state index is 11.7. The van der Waals surface area contributed by atoms with Gasteiger partial charge in [0.1, 0.15) is 6.10 Å². The monoisotopic (exact) mass is 234 g/mol. The van der Waals surface area contributed by atoms with Crippen LogP contribution in [0, 0.1) is 11.8 Å². The minimum Gasteiger partial charge on any atom is -0.458 e. The van der Waals surface area contributed by atoms with Gasteiger partial charge < -0.3 is 9.47 Å². The van der Waals surface area contributed by atoms with Crippen LogP contribution in [-0.4, -0.2) is 24.0 Å². The number of hydrogen-bond donors (Lipinski definition) is 0. The molecule has 3 atom stereocenters. The number of allylic oxidation sites excluding steroid dienone is 1. The summed E-state index contributed by atoms with van der Waals surface area (Å²) in [5, 5.41) is 0. The lowest BCUT2D eigenvalue weighted by atomic mass is 10.0. The topological polar surface area (TPSA) is 69.7 Å². The average molecular weight is 234 g/mol. The van der Waals surface area contributed by atoms with Crippen molar-refractivity contribution in [2.45, 2.75) is 18.9 Å². The summed E-state index contributed by atoms with van der Waals surface area (Å²) in [6, 6.07) is 0. The maximum Gasteiger partial charge on any atom is 0.353 e. The second-order valence-electron chi connectivity index (χ2n) is 4.49. The molecular weight excluding hydrogens is 224 g/mol. The third kappa shape index (κ3) is 1.67. The van der Waals surface area contributed by atoms with Gasteiger partial charge in [-0.2, -0.15) is 0 Å². The van der Waals surface area contributed by atoms with Crippen molar-refractivity contribution in [2.24, 2.45) is 11.8 Å². The van der Waals surface area contributed by atoms with Crippen LogP contribution in [0.5, 0.6) is 0 Å². The summed E-state index contributed by atoms with van der Waals surface area (Å²) < 4.78 is 9.47. The Labute approximate surface area is 97.1 Å². The predicted octanol–water partition coefficient (Wildman–Crippen LogP) is 0.504. The Morgan fingerprint density at radius 1 is 1.29 bits per heavy atom. The van der Waals surface area contributed by atoms with E-state index in [1.807, 2.05) is 6.08 Å². The zero-order valence-corrected chi connectivity index (χ0v) is 8.92. The SMILES string of the molecule is O=C1C=C(C(=O)OC2CC3C=CC2C3)C(=O)O1. The van der Waals surface area contributed by atoms with E-state index < -0.39 is 17.9 Å². The molecule has 2 aliphatic carbocycles. The van der Waals surface area contributed by atoms with Crippen LogP contribution >= 0.6 is 0 Å². The number of ether oxygens (including phenoxy) is 2. The van der Waals surface area contributed by atoms with Gasteiger partial charge in [-0.3, -0.25) is 0 Å². The lowest BCUT2D eigenvalue weighted by Crippen LogP contribution is -2.24. The van der Waals surface area contributed by atoms with Gasteiger partial charge in [-0.15, -0.1) is 0 Å². The molecule has 5 nitrogen and oxygen atoms in total. The lowest BCUT2D eigenvalue weighted by Gasteiger charge is -2.18. The van der Waals surface area contributed by atoms with Gasteiger partial charge in [-0.25, -0.2) is 14.4 Å². The van der Waals surface area contributed by atoms with E-state index in [4.69, 9.17) is 4.74 Å². The molecule has 0 radical (unpaired) electrons. The van der Waals surface area contributed by atoms with Gasteiger partial charge in [0.05, 0.1) is 0 Å². The molecule has 2 bridgehead atoms. The summed E-state index contributed by atoms with van der Waals surface area (Å²) in [5.41, 5.74) is -0.304. The number of cyclic esters (lactones) is 2. The van der Waals surface area contributed by atoms with E-state index in [0.29, 0.717) is 5.92 Å². The van der Waals surface area contributed by atoms with E-state index in [2.05, 4.69) is 10.8 Å². The van der Waals surface area contributed by atoms with Crippen LogP contribution in [-0.2, 0) is 23.9 Å². The van der Waals surface area contributed by atoms with Crippen LogP contribution in [0.1, 0.15) is 12.8 Å². The number of fused-ring (bicyclic) bond motifs is 2. The number of esters is 3. The molecule has 0 spiro atoms. The maximum atomic E-state index is 11.7. The molecule has 0 aromatic rings. The zero-order valence-electron chi connectivity index (χ0n) is 8.92. The number of carbonyl (C=O) groups excluding carboxylic acids is 3. The van der Waals surface area contributed by atoms with Gasteiger partial charge in [0.25, 0.3) is 0 Å². The zero-order chi connectivity index (χ0) is 12.0. The fraction of sp³-hybridized carbons (Fsp3) is 0.417. The minimum atomic E-state index is -0.918. The van der Waals surface area contributed by atoms with Crippen molar-refractivity contribution in [1.82, 2.24) is 0 Å². The molecule has 0 aromatic heterocycles. The molecule has 1 fully saturated rings. The second kappa shape index (κ2) is 3.55. The van der Waals surface area contributed by atoms with E-state index in [1.165, 1.54) is 0 Å². The minimum absolute atomic E-state index is 0.179. The normalized spacial score (nSPS) is 33.9. The molecule has 0 saturated heterocycles. The molecule has 0 amide bonds. The van der Waals surface area contributed by atoms with Crippen molar-refractivity contribution >= 4 is 17.9 Å². The predicted molar refractivity (Wildman–Crippen MR) is 54.4 cm³/mol. The Morgan fingerprint density at radius 3 is 2.65 bits per heavy atom. The van der Waals surface area contributed by atoms with Gasteiger partial charge in [-0.05, 0) is 18.8 Å². The molecule has 1 aliphatic heterocycles. The smallest absolute Gasteiger partial charge is 0.353 e. The molecule has 88 valence electrons. The van der Waals surface area contributed by atoms with Crippen LogP contribution in [0.4, 0.5) is 0 Å². The summed E-state index contributed by atoms with van der Waals surface area (Å²) in [4.78, 5) is 33.6. The van der Waals surface area contributed by atoms with Crippen molar-refractivity contribution in [3.05, 3.63) is 23.8 Å². The molecule has 3 aliphatic rings.